The number of carbonyl (C=O) groups excluding carboxylic acids is 4. The molecule has 0 amide bonds. The van der Waals surface area contributed by atoms with Gasteiger partial charge in [0.15, 0.2) is 12.2 Å². The Morgan fingerprint density at radius 3 is 1.60 bits per heavy atom. The Morgan fingerprint density at radius 1 is 0.771 bits per heavy atom. The van der Waals surface area contributed by atoms with Crippen molar-refractivity contribution in [3.63, 3.8) is 0 Å². The smallest absolute Gasteiger partial charge is 0.338 e. The first kappa shape index (κ1) is 24.8. The van der Waals surface area contributed by atoms with Gasteiger partial charge in [0.1, 0.15) is 29.0 Å². The average Bonchev–Trinajstić information content (AvgIpc) is 3.42. The lowest BCUT2D eigenvalue weighted by molar-refractivity contribution is -0.132. The molecule has 0 radical (unpaired) electrons. The fraction of sp³-hybridized carbons (Fsp3) is 0.333. The molecule has 11 heteroatoms. The Balaban J connectivity index is 1.30. The highest BCUT2D eigenvalue weighted by Crippen LogP contribution is 2.31. The first-order valence-electron chi connectivity index (χ1n) is 10.6. The summed E-state index contributed by atoms with van der Waals surface area (Å²) in [4.78, 5) is 47.4. The summed E-state index contributed by atoms with van der Waals surface area (Å²) in [5.74, 6) is -1.47. The molecule has 2 aromatic carbocycles. The van der Waals surface area contributed by atoms with Crippen LogP contribution in [0.3, 0.4) is 0 Å². The molecule has 0 aliphatic carbocycles. The highest BCUT2D eigenvalue weighted by molar-refractivity contribution is 9.09. The van der Waals surface area contributed by atoms with Crippen LogP contribution in [-0.2, 0) is 28.5 Å². The maximum atomic E-state index is 12.6. The molecule has 2 heterocycles. The van der Waals surface area contributed by atoms with Crippen molar-refractivity contribution in [1.29, 1.82) is 0 Å². The number of fused-ring (bicyclic) bond motifs is 1. The summed E-state index contributed by atoms with van der Waals surface area (Å²) in [7, 11) is 0. The van der Waals surface area contributed by atoms with E-state index in [0.29, 0.717) is 11.5 Å². The minimum Gasteiger partial charge on any atom is -0.453 e. The Morgan fingerprint density at radius 2 is 1.20 bits per heavy atom. The summed E-state index contributed by atoms with van der Waals surface area (Å²) in [5.41, 5.74) is 0.542. The normalized spacial score (nSPS) is 22.7. The van der Waals surface area contributed by atoms with Gasteiger partial charge in [0.25, 0.3) is 0 Å². The van der Waals surface area contributed by atoms with E-state index in [-0.39, 0.29) is 29.7 Å². The van der Waals surface area contributed by atoms with E-state index in [1.807, 2.05) is 0 Å². The number of carbonyl (C=O) groups is 4. The van der Waals surface area contributed by atoms with Crippen LogP contribution < -0.4 is 9.47 Å². The molecule has 2 aliphatic rings. The second-order valence-electron chi connectivity index (χ2n) is 7.73. The van der Waals surface area contributed by atoms with E-state index >= 15 is 0 Å². The summed E-state index contributed by atoms with van der Waals surface area (Å²) in [6.45, 7) is 1.47. The molecule has 2 saturated heterocycles. The molecular formula is C24H21BrO10. The number of hydrogen-bond acceptors (Lipinski definition) is 10. The molecule has 0 aromatic heterocycles. The van der Waals surface area contributed by atoms with Crippen molar-refractivity contribution in [2.24, 2.45) is 0 Å². The van der Waals surface area contributed by atoms with Gasteiger partial charge in [-0.25, -0.2) is 9.59 Å². The average molecular weight is 549 g/mol. The molecule has 2 aliphatic heterocycles. The number of hydrogen-bond donors (Lipinski definition) is 0. The van der Waals surface area contributed by atoms with Crippen LogP contribution in [0.1, 0.15) is 27.6 Å². The topological polar surface area (TPSA) is 124 Å². The highest BCUT2D eigenvalue weighted by Gasteiger charge is 2.51. The van der Waals surface area contributed by atoms with Gasteiger partial charge in [-0.05, 0) is 48.5 Å². The van der Waals surface area contributed by atoms with Crippen LogP contribution >= 0.6 is 15.9 Å². The van der Waals surface area contributed by atoms with E-state index in [1.165, 1.54) is 55.5 Å². The summed E-state index contributed by atoms with van der Waals surface area (Å²) in [6.07, 6.45) is -2.51. The van der Waals surface area contributed by atoms with Gasteiger partial charge in [0.05, 0.1) is 24.3 Å². The molecule has 0 bridgehead atoms. The molecule has 0 unspecified atom stereocenters. The number of benzene rings is 2. The highest BCUT2D eigenvalue weighted by atomic mass is 79.9. The summed E-state index contributed by atoms with van der Waals surface area (Å²) in [5, 5.41) is 0.0553. The van der Waals surface area contributed by atoms with Crippen molar-refractivity contribution in [3.05, 3.63) is 59.7 Å². The minimum absolute atomic E-state index is 0.0553. The van der Waals surface area contributed by atoms with Crippen molar-refractivity contribution in [1.82, 2.24) is 0 Å². The molecule has 10 nitrogen and oxygen atoms in total. The molecular weight excluding hydrogens is 528 g/mol. The zero-order chi connectivity index (χ0) is 24.9. The SMILES string of the molecule is CC(=O)Oc1ccc(C(=O)O[C@@H]2CO[C@H]3[C@@H]2OC[C@H]3OC(=O)c2ccc(OC(=O)CBr)cc2)cc1. The van der Waals surface area contributed by atoms with Gasteiger partial charge in [-0.1, -0.05) is 15.9 Å². The van der Waals surface area contributed by atoms with Gasteiger partial charge in [-0.2, -0.15) is 0 Å². The molecule has 35 heavy (non-hydrogen) atoms. The second-order valence-corrected chi connectivity index (χ2v) is 8.29. The summed E-state index contributed by atoms with van der Waals surface area (Å²) in [6, 6.07) is 11.9. The number of ether oxygens (including phenoxy) is 6. The van der Waals surface area contributed by atoms with E-state index in [0.717, 1.165) is 0 Å². The third kappa shape index (κ3) is 6.05. The van der Waals surface area contributed by atoms with Gasteiger partial charge in [0.2, 0.25) is 0 Å². The molecule has 4 atom stereocenters. The third-order valence-corrected chi connectivity index (χ3v) is 5.72. The van der Waals surface area contributed by atoms with Gasteiger partial charge < -0.3 is 28.4 Å². The monoisotopic (exact) mass is 548 g/mol. The standard InChI is InChI=1S/C24H21BrO10/c1-13(26)32-16-6-2-14(3-7-16)23(28)34-18-11-30-22-19(12-31-21(18)22)35-24(29)15-4-8-17(9-5-15)33-20(27)10-25/h2-9,18-19,21-22H,10-12H2,1H3/t18-,19-,21-,22-/m1/s1. The number of alkyl halides is 1. The van der Waals surface area contributed by atoms with Crippen molar-refractivity contribution in [2.45, 2.75) is 31.3 Å². The lowest BCUT2D eigenvalue weighted by atomic mass is 10.1. The fourth-order valence-corrected chi connectivity index (χ4v) is 3.80. The van der Waals surface area contributed by atoms with E-state index in [2.05, 4.69) is 15.9 Å². The molecule has 4 rings (SSSR count). The van der Waals surface area contributed by atoms with Crippen LogP contribution in [0, 0.1) is 0 Å². The molecule has 184 valence electrons. The maximum absolute atomic E-state index is 12.6. The van der Waals surface area contributed by atoms with Crippen LogP contribution in [-0.4, -0.2) is 66.8 Å². The summed E-state index contributed by atoms with van der Waals surface area (Å²) >= 11 is 3.00. The first-order valence-corrected chi connectivity index (χ1v) is 11.8. The van der Waals surface area contributed by atoms with Crippen molar-refractivity contribution in [2.75, 3.05) is 18.5 Å². The van der Waals surface area contributed by atoms with Crippen molar-refractivity contribution < 1.29 is 47.6 Å². The lowest BCUT2D eigenvalue weighted by Crippen LogP contribution is -2.36. The summed E-state index contributed by atoms with van der Waals surface area (Å²) < 4.78 is 32.5. The maximum Gasteiger partial charge on any atom is 0.338 e. The van der Waals surface area contributed by atoms with Gasteiger partial charge in [0, 0.05) is 6.92 Å². The van der Waals surface area contributed by atoms with Crippen molar-refractivity contribution >= 4 is 39.8 Å². The molecule has 0 N–H and O–H groups in total. The Kier molecular flexibility index (Phi) is 7.79. The fourth-order valence-electron chi connectivity index (χ4n) is 3.69. The Labute approximate surface area is 208 Å². The van der Waals surface area contributed by atoms with Crippen LogP contribution in [0.4, 0.5) is 0 Å². The quantitative estimate of drug-likeness (QED) is 0.289. The zero-order valence-corrected chi connectivity index (χ0v) is 20.1. The van der Waals surface area contributed by atoms with E-state index in [1.54, 1.807) is 0 Å². The molecule has 0 spiro atoms. The number of esters is 4. The van der Waals surface area contributed by atoms with Crippen LogP contribution in [0.5, 0.6) is 11.5 Å². The van der Waals surface area contributed by atoms with Gasteiger partial charge in [-0.15, -0.1) is 0 Å². The molecule has 0 saturated carbocycles. The number of rotatable bonds is 7. The largest absolute Gasteiger partial charge is 0.453 e. The number of halogens is 1. The van der Waals surface area contributed by atoms with E-state index < -0.39 is 48.3 Å². The zero-order valence-electron chi connectivity index (χ0n) is 18.5. The van der Waals surface area contributed by atoms with Crippen LogP contribution in [0.2, 0.25) is 0 Å². The predicted molar refractivity (Wildman–Crippen MR) is 122 cm³/mol. The van der Waals surface area contributed by atoms with E-state index in [9.17, 15) is 19.2 Å². The Bertz CT molecular complexity index is 1100. The van der Waals surface area contributed by atoms with Gasteiger partial charge >= 0.3 is 23.9 Å². The Hall–Kier alpha value is -3.28. The van der Waals surface area contributed by atoms with Crippen molar-refractivity contribution in [3.8, 4) is 11.5 Å². The second kappa shape index (κ2) is 11.0. The van der Waals surface area contributed by atoms with E-state index in [4.69, 9.17) is 28.4 Å². The molecule has 2 aromatic rings. The lowest BCUT2D eigenvalue weighted by Gasteiger charge is -2.17. The molecule has 2 fully saturated rings. The van der Waals surface area contributed by atoms with Crippen LogP contribution in [0.15, 0.2) is 48.5 Å². The first-order chi connectivity index (χ1) is 16.8. The predicted octanol–water partition coefficient (Wildman–Crippen LogP) is 2.46. The minimum atomic E-state index is -0.676. The van der Waals surface area contributed by atoms with Gasteiger partial charge in [-0.3, -0.25) is 9.59 Å². The third-order valence-electron chi connectivity index (χ3n) is 5.26. The van der Waals surface area contributed by atoms with Crippen LogP contribution in [0.25, 0.3) is 0 Å².